The Kier molecular flexibility index (Phi) is 7.09. The van der Waals surface area contributed by atoms with Crippen molar-refractivity contribution in [3.05, 3.63) is 76.9 Å². The van der Waals surface area contributed by atoms with Crippen molar-refractivity contribution in [2.75, 3.05) is 5.32 Å². The van der Waals surface area contributed by atoms with Crippen LogP contribution >= 0.6 is 0 Å². The van der Waals surface area contributed by atoms with Crippen LogP contribution in [0.15, 0.2) is 42.7 Å². The maximum Gasteiger partial charge on any atom is 0.273 e. The van der Waals surface area contributed by atoms with Crippen molar-refractivity contribution < 1.29 is 9.18 Å². The number of aryl methyl sites for hydroxylation is 2. The molecule has 35 heavy (non-hydrogen) atoms. The SMILES string of the molecule is CCC(C)c1ccc(CNC(=O)c2ncc(-c3nc(C)cc(Nc4cc(C)[nH]n4)n3)cc2F)cn1. The van der Waals surface area contributed by atoms with Gasteiger partial charge in [0.05, 0.1) is 0 Å². The zero-order chi connectivity index (χ0) is 24.9. The van der Waals surface area contributed by atoms with Crippen LogP contribution in [0.4, 0.5) is 16.0 Å². The Balaban J connectivity index is 1.46. The molecule has 4 aromatic heterocycles. The molecule has 0 radical (unpaired) electrons. The summed E-state index contributed by atoms with van der Waals surface area (Å²) in [4.78, 5) is 29.8. The molecule has 0 fully saturated rings. The van der Waals surface area contributed by atoms with Gasteiger partial charge >= 0.3 is 0 Å². The number of carbonyl (C=O) groups is 1. The fourth-order valence-electron chi connectivity index (χ4n) is 3.41. The fourth-order valence-corrected chi connectivity index (χ4v) is 3.41. The van der Waals surface area contributed by atoms with Gasteiger partial charge in [-0.15, -0.1) is 0 Å². The Morgan fingerprint density at radius 1 is 1.09 bits per heavy atom. The second-order valence-electron chi connectivity index (χ2n) is 8.42. The molecule has 0 aromatic carbocycles. The molecule has 1 atom stereocenters. The highest BCUT2D eigenvalue weighted by Crippen LogP contribution is 2.21. The molecule has 10 heteroatoms. The van der Waals surface area contributed by atoms with Gasteiger partial charge in [-0.2, -0.15) is 5.10 Å². The third-order valence-electron chi connectivity index (χ3n) is 5.55. The normalized spacial score (nSPS) is 11.8. The van der Waals surface area contributed by atoms with Gasteiger partial charge in [-0.25, -0.2) is 19.3 Å². The predicted octanol–water partition coefficient (Wildman–Crippen LogP) is 4.60. The monoisotopic (exact) mass is 474 g/mol. The lowest BCUT2D eigenvalue weighted by Gasteiger charge is -2.10. The number of nitrogens with one attached hydrogen (secondary N) is 3. The molecule has 180 valence electrons. The molecule has 0 aliphatic rings. The van der Waals surface area contributed by atoms with Gasteiger partial charge in [-0.05, 0) is 43.9 Å². The molecular weight excluding hydrogens is 447 g/mol. The molecule has 4 aromatic rings. The number of hydrogen-bond acceptors (Lipinski definition) is 7. The summed E-state index contributed by atoms with van der Waals surface area (Å²) in [7, 11) is 0. The van der Waals surface area contributed by atoms with Gasteiger partial charge in [-0.3, -0.25) is 14.9 Å². The van der Waals surface area contributed by atoms with Crippen molar-refractivity contribution in [3.63, 3.8) is 0 Å². The van der Waals surface area contributed by atoms with E-state index in [2.05, 4.69) is 54.6 Å². The average Bonchev–Trinajstić information content (AvgIpc) is 3.26. The lowest BCUT2D eigenvalue weighted by Crippen LogP contribution is -2.25. The van der Waals surface area contributed by atoms with Gasteiger partial charge < -0.3 is 10.6 Å². The minimum absolute atomic E-state index is 0.220. The highest BCUT2D eigenvalue weighted by molar-refractivity contribution is 5.92. The second-order valence-corrected chi connectivity index (χ2v) is 8.42. The number of pyridine rings is 2. The van der Waals surface area contributed by atoms with E-state index in [1.54, 1.807) is 12.3 Å². The van der Waals surface area contributed by atoms with E-state index in [-0.39, 0.29) is 18.1 Å². The maximum absolute atomic E-state index is 14.8. The van der Waals surface area contributed by atoms with Crippen LogP contribution in [0.25, 0.3) is 11.4 Å². The summed E-state index contributed by atoms with van der Waals surface area (Å²) in [6.45, 7) is 8.14. The van der Waals surface area contributed by atoms with E-state index in [9.17, 15) is 9.18 Å². The van der Waals surface area contributed by atoms with Crippen molar-refractivity contribution >= 4 is 17.5 Å². The molecule has 1 amide bonds. The molecule has 0 aliphatic heterocycles. The van der Waals surface area contributed by atoms with Gasteiger partial charge in [0.15, 0.2) is 23.2 Å². The zero-order valence-electron chi connectivity index (χ0n) is 20.1. The van der Waals surface area contributed by atoms with E-state index in [1.165, 1.54) is 12.3 Å². The summed E-state index contributed by atoms with van der Waals surface area (Å²) in [6.07, 6.45) is 4.11. The Bertz CT molecular complexity index is 1340. The van der Waals surface area contributed by atoms with Crippen molar-refractivity contribution in [3.8, 4) is 11.4 Å². The highest BCUT2D eigenvalue weighted by Gasteiger charge is 2.16. The number of carbonyl (C=O) groups excluding carboxylic acids is 1. The van der Waals surface area contributed by atoms with Crippen LogP contribution in [0.2, 0.25) is 0 Å². The van der Waals surface area contributed by atoms with Crippen LogP contribution in [0.3, 0.4) is 0 Å². The first-order valence-corrected chi connectivity index (χ1v) is 11.4. The quantitative estimate of drug-likeness (QED) is 0.341. The lowest BCUT2D eigenvalue weighted by molar-refractivity contribution is 0.0941. The van der Waals surface area contributed by atoms with E-state index < -0.39 is 11.7 Å². The van der Waals surface area contributed by atoms with E-state index in [1.807, 2.05) is 32.0 Å². The fraction of sp³-hybridized carbons (Fsp3) is 0.280. The number of rotatable bonds is 8. The Labute approximate surface area is 202 Å². The minimum atomic E-state index is -0.757. The van der Waals surface area contributed by atoms with E-state index >= 15 is 0 Å². The number of H-pyrrole nitrogens is 1. The average molecular weight is 475 g/mol. The number of nitrogens with zero attached hydrogens (tertiary/aromatic N) is 5. The molecule has 1 unspecified atom stereocenters. The molecule has 0 bridgehead atoms. The van der Waals surface area contributed by atoms with Crippen molar-refractivity contribution in [1.29, 1.82) is 0 Å². The molecule has 4 heterocycles. The standard InChI is InChI=1S/C25H27FN8O/c1-5-14(2)20-7-6-17(11-27-20)12-29-25(35)23-19(26)10-18(13-28-23)24-30-15(3)8-21(32-24)31-22-9-16(4)33-34-22/h6-11,13-14H,5,12H2,1-4H3,(H,29,35)(H2,30,31,32,33,34). The van der Waals surface area contributed by atoms with Crippen LogP contribution < -0.4 is 10.6 Å². The molecule has 0 aliphatic carbocycles. The Hall–Kier alpha value is -4.21. The lowest BCUT2D eigenvalue weighted by atomic mass is 10.0. The van der Waals surface area contributed by atoms with E-state index in [0.29, 0.717) is 28.8 Å². The number of halogens is 1. The van der Waals surface area contributed by atoms with E-state index in [0.717, 1.165) is 23.4 Å². The summed E-state index contributed by atoms with van der Waals surface area (Å²) in [5, 5.41) is 12.8. The predicted molar refractivity (Wildman–Crippen MR) is 131 cm³/mol. The number of aromatic nitrogens is 6. The van der Waals surface area contributed by atoms with Crippen LogP contribution in [0.1, 0.15) is 59.3 Å². The third-order valence-corrected chi connectivity index (χ3v) is 5.55. The molecule has 0 saturated carbocycles. The summed E-state index contributed by atoms with van der Waals surface area (Å²) in [5.41, 5.74) is 3.47. The number of hydrogen-bond donors (Lipinski definition) is 3. The zero-order valence-corrected chi connectivity index (χ0v) is 20.1. The summed E-state index contributed by atoms with van der Waals surface area (Å²) in [5.74, 6) is 0.399. The van der Waals surface area contributed by atoms with Gasteiger partial charge in [-0.1, -0.05) is 19.9 Å². The smallest absolute Gasteiger partial charge is 0.273 e. The molecule has 9 nitrogen and oxygen atoms in total. The maximum atomic E-state index is 14.8. The van der Waals surface area contributed by atoms with Crippen LogP contribution in [-0.4, -0.2) is 36.0 Å². The molecule has 0 saturated heterocycles. The van der Waals surface area contributed by atoms with Crippen molar-refractivity contribution in [1.82, 2.24) is 35.5 Å². The summed E-state index contributed by atoms with van der Waals surface area (Å²) < 4.78 is 14.8. The molecule has 4 rings (SSSR count). The summed E-state index contributed by atoms with van der Waals surface area (Å²) >= 11 is 0. The molecule has 0 spiro atoms. The molecular formula is C25H27FN8O. The van der Waals surface area contributed by atoms with Crippen molar-refractivity contribution in [2.24, 2.45) is 0 Å². The first-order valence-electron chi connectivity index (χ1n) is 11.4. The third kappa shape index (κ3) is 5.84. The number of anilines is 2. The van der Waals surface area contributed by atoms with E-state index in [4.69, 9.17) is 0 Å². The summed E-state index contributed by atoms with van der Waals surface area (Å²) in [6, 6.07) is 8.65. The van der Waals surface area contributed by atoms with Gasteiger partial charge in [0.25, 0.3) is 5.91 Å². The second kappa shape index (κ2) is 10.4. The van der Waals surface area contributed by atoms with Crippen LogP contribution in [-0.2, 0) is 6.54 Å². The first-order chi connectivity index (χ1) is 16.8. The highest BCUT2D eigenvalue weighted by atomic mass is 19.1. The minimum Gasteiger partial charge on any atom is -0.346 e. The van der Waals surface area contributed by atoms with Crippen LogP contribution in [0.5, 0.6) is 0 Å². The first kappa shape index (κ1) is 23.9. The Morgan fingerprint density at radius 2 is 1.91 bits per heavy atom. The topological polar surface area (TPSA) is 121 Å². The van der Waals surface area contributed by atoms with Crippen LogP contribution in [0, 0.1) is 19.7 Å². The number of amides is 1. The largest absolute Gasteiger partial charge is 0.346 e. The molecule has 3 N–H and O–H groups in total. The van der Waals surface area contributed by atoms with Gasteiger partial charge in [0.2, 0.25) is 0 Å². The van der Waals surface area contributed by atoms with Gasteiger partial charge in [0, 0.05) is 53.7 Å². The Morgan fingerprint density at radius 3 is 2.57 bits per heavy atom. The number of aromatic amines is 1. The van der Waals surface area contributed by atoms with Gasteiger partial charge in [0.1, 0.15) is 5.82 Å². The van der Waals surface area contributed by atoms with Crippen molar-refractivity contribution in [2.45, 2.75) is 46.6 Å².